The van der Waals surface area contributed by atoms with Crippen LogP contribution in [0.15, 0.2) is 24.4 Å². The number of benzene rings is 1. The lowest BCUT2D eigenvalue weighted by Crippen LogP contribution is -1.87. The zero-order chi connectivity index (χ0) is 10.1. The molecule has 72 valence electrons. The van der Waals surface area contributed by atoms with Crippen molar-refractivity contribution in [2.45, 2.75) is 6.92 Å². The van der Waals surface area contributed by atoms with Gasteiger partial charge in [-0.1, -0.05) is 12.1 Å². The van der Waals surface area contributed by atoms with Crippen LogP contribution in [0, 0.1) is 6.92 Å². The molecule has 4 N–H and O–H groups in total. The number of hydrogen-bond donors (Lipinski definition) is 3. The predicted octanol–water partition coefficient (Wildman–Crippen LogP) is 1.67. The fourth-order valence-electron chi connectivity index (χ4n) is 1.29. The minimum atomic E-state index is 0.261. The van der Waals surface area contributed by atoms with Crippen molar-refractivity contribution in [2.24, 2.45) is 0 Å². The molecule has 0 amide bonds. The van der Waals surface area contributed by atoms with Gasteiger partial charge in [-0.15, -0.1) is 0 Å². The summed E-state index contributed by atoms with van der Waals surface area (Å²) < 4.78 is 0. The normalized spacial score (nSPS) is 10.4. The number of phenolic OH excluding ortho intramolecular Hbond substituents is 1. The Labute approximate surface area is 81.4 Å². The summed E-state index contributed by atoms with van der Waals surface area (Å²) >= 11 is 0. The van der Waals surface area contributed by atoms with Crippen LogP contribution in [0.2, 0.25) is 0 Å². The third-order valence-corrected chi connectivity index (χ3v) is 2.17. The molecule has 4 nitrogen and oxygen atoms in total. The van der Waals surface area contributed by atoms with Crippen LogP contribution in [0.4, 0.5) is 5.69 Å². The molecule has 0 aliphatic heterocycles. The highest BCUT2D eigenvalue weighted by atomic mass is 16.3. The number of hydrogen-bond acceptors (Lipinski definition) is 3. The molecule has 0 spiro atoms. The van der Waals surface area contributed by atoms with Crippen molar-refractivity contribution in [3.8, 4) is 17.0 Å². The molecule has 0 aliphatic carbocycles. The number of nitrogens with zero attached hydrogens (tertiary/aromatic N) is 1. The van der Waals surface area contributed by atoms with Crippen LogP contribution in [0.3, 0.4) is 0 Å². The standard InChI is InChI=1S/C10H11N3O/c1-6-2-3-7(4-9(6)14)10-8(11)5-12-13-10/h2-5,14H,11H2,1H3,(H,12,13). The van der Waals surface area contributed by atoms with Gasteiger partial charge in [-0.3, -0.25) is 5.10 Å². The van der Waals surface area contributed by atoms with E-state index in [1.165, 1.54) is 0 Å². The maximum absolute atomic E-state index is 9.51. The Kier molecular flexibility index (Phi) is 1.89. The summed E-state index contributed by atoms with van der Waals surface area (Å²) in [7, 11) is 0. The summed E-state index contributed by atoms with van der Waals surface area (Å²) in [4.78, 5) is 0. The molecule has 0 fully saturated rings. The average molecular weight is 189 g/mol. The van der Waals surface area contributed by atoms with Gasteiger partial charge in [-0.05, 0) is 18.6 Å². The topological polar surface area (TPSA) is 74.9 Å². The quantitative estimate of drug-likeness (QED) is 0.638. The Balaban J connectivity index is 2.53. The molecule has 14 heavy (non-hydrogen) atoms. The predicted molar refractivity (Wildman–Crippen MR) is 54.8 cm³/mol. The van der Waals surface area contributed by atoms with E-state index in [2.05, 4.69) is 10.2 Å². The molecule has 0 bridgehead atoms. The third-order valence-electron chi connectivity index (χ3n) is 2.17. The maximum atomic E-state index is 9.51. The van der Waals surface area contributed by atoms with Crippen molar-refractivity contribution in [2.75, 3.05) is 5.73 Å². The molecule has 1 aromatic heterocycles. The van der Waals surface area contributed by atoms with Gasteiger partial charge in [0.25, 0.3) is 0 Å². The van der Waals surface area contributed by atoms with Crippen molar-refractivity contribution in [3.63, 3.8) is 0 Å². The van der Waals surface area contributed by atoms with Crippen molar-refractivity contribution in [1.29, 1.82) is 0 Å². The summed E-state index contributed by atoms with van der Waals surface area (Å²) in [6.45, 7) is 1.84. The van der Waals surface area contributed by atoms with E-state index in [9.17, 15) is 5.11 Å². The number of H-pyrrole nitrogens is 1. The van der Waals surface area contributed by atoms with E-state index in [-0.39, 0.29) is 5.75 Å². The molecule has 0 unspecified atom stereocenters. The summed E-state index contributed by atoms with van der Waals surface area (Å²) in [6, 6.07) is 5.39. The first-order valence-electron chi connectivity index (χ1n) is 4.27. The first-order valence-corrected chi connectivity index (χ1v) is 4.27. The Morgan fingerprint density at radius 3 is 2.79 bits per heavy atom. The second-order valence-corrected chi connectivity index (χ2v) is 3.20. The molecule has 0 saturated carbocycles. The average Bonchev–Trinajstić information content (AvgIpc) is 2.57. The minimum Gasteiger partial charge on any atom is -0.508 e. The lowest BCUT2D eigenvalue weighted by Gasteiger charge is -2.02. The first kappa shape index (κ1) is 8.62. The number of anilines is 1. The van der Waals surface area contributed by atoms with Gasteiger partial charge >= 0.3 is 0 Å². The smallest absolute Gasteiger partial charge is 0.119 e. The van der Waals surface area contributed by atoms with Crippen molar-refractivity contribution >= 4 is 5.69 Å². The number of aryl methyl sites for hydroxylation is 1. The summed E-state index contributed by atoms with van der Waals surface area (Å²) in [6.07, 6.45) is 1.55. The monoisotopic (exact) mass is 189 g/mol. The van der Waals surface area contributed by atoms with Gasteiger partial charge < -0.3 is 10.8 Å². The second kappa shape index (κ2) is 3.06. The maximum Gasteiger partial charge on any atom is 0.119 e. The van der Waals surface area contributed by atoms with Crippen LogP contribution in [0.1, 0.15) is 5.56 Å². The van der Waals surface area contributed by atoms with Gasteiger partial charge in [-0.25, -0.2) is 0 Å². The zero-order valence-corrected chi connectivity index (χ0v) is 7.78. The van der Waals surface area contributed by atoms with Gasteiger partial charge in [0, 0.05) is 5.56 Å². The minimum absolute atomic E-state index is 0.261. The van der Waals surface area contributed by atoms with E-state index in [4.69, 9.17) is 5.73 Å². The van der Waals surface area contributed by atoms with E-state index in [0.29, 0.717) is 5.69 Å². The summed E-state index contributed by atoms with van der Waals surface area (Å²) in [5.41, 5.74) is 8.67. The Bertz CT molecular complexity index is 462. The molecule has 0 saturated heterocycles. The van der Waals surface area contributed by atoms with Gasteiger partial charge in [0.05, 0.1) is 17.6 Å². The van der Waals surface area contributed by atoms with Crippen molar-refractivity contribution in [3.05, 3.63) is 30.0 Å². The van der Waals surface area contributed by atoms with E-state index in [1.807, 2.05) is 19.1 Å². The van der Waals surface area contributed by atoms with Crippen LogP contribution in [-0.4, -0.2) is 15.3 Å². The number of aromatic hydroxyl groups is 1. The van der Waals surface area contributed by atoms with Gasteiger partial charge in [0.1, 0.15) is 5.75 Å². The number of phenols is 1. The molecule has 1 heterocycles. The van der Waals surface area contributed by atoms with Gasteiger partial charge in [0.15, 0.2) is 0 Å². The molecule has 2 rings (SSSR count). The molecule has 1 aromatic carbocycles. The molecule has 0 radical (unpaired) electrons. The van der Waals surface area contributed by atoms with E-state index >= 15 is 0 Å². The Hall–Kier alpha value is -1.97. The SMILES string of the molecule is Cc1ccc(-c2[nH]ncc2N)cc1O. The number of nitrogens with one attached hydrogen (secondary N) is 1. The Morgan fingerprint density at radius 2 is 2.21 bits per heavy atom. The summed E-state index contributed by atoms with van der Waals surface area (Å²) in [5, 5.41) is 16.1. The third kappa shape index (κ3) is 1.31. The number of nitrogens with two attached hydrogens (primary N) is 1. The number of aromatic nitrogens is 2. The van der Waals surface area contributed by atoms with Crippen LogP contribution in [-0.2, 0) is 0 Å². The molecule has 0 aliphatic rings. The second-order valence-electron chi connectivity index (χ2n) is 3.20. The summed E-state index contributed by atoms with van der Waals surface area (Å²) in [5.74, 6) is 0.261. The van der Waals surface area contributed by atoms with Crippen LogP contribution < -0.4 is 5.73 Å². The number of aromatic amines is 1. The number of nitrogen functional groups attached to an aromatic ring is 1. The highest BCUT2D eigenvalue weighted by molar-refractivity contribution is 5.73. The van der Waals surface area contributed by atoms with Crippen molar-refractivity contribution < 1.29 is 5.11 Å². The fraction of sp³-hybridized carbons (Fsp3) is 0.100. The van der Waals surface area contributed by atoms with E-state index in [1.54, 1.807) is 12.3 Å². The van der Waals surface area contributed by atoms with E-state index in [0.717, 1.165) is 16.8 Å². The lowest BCUT2D eigenvalue weighted by molar-refractivity contribution is 0.471. The van der Waals surface area contributed by atoms with E-state index < -0.39 is 0 Å². The largest absolute Gasteiger partial charge is 0.508 e. The van der Waals surface area contributed by atoms with Crippen LogP contribution >= 0.6 is 0 Å². The molecule has 0 atom stereocenters. The van der Waals surface area contributed by atoms with Crippen LogP contribution in [0.5, 0.6) is 5.75 Å². The molecule has 4 heteroatoms. The highest BCUT2D eigenvalue weighted by Crippen LogP contribution is 2.27. The van der Waals surface area contributed by atoms with Gasteiger partial charge in [-0.2, -0.15) is 5.10 Å². The molecular formula is C10H11N3O. The van der Waals surface area contributed by atoms with Crippen LogP contribution in [0.25, 0.3) is 11.3 Å². The van der Waals surface area contributed by atoms with Gasteiger partial charge in [0.2, 0.25) is 0 Å². The number of rotatable bonds is 1. The molecule has 2 aromatic rings. The first-order chi connectivity index (χ1) is 6.68. The highest BCUT2D eigenvalue weighted by Gasteiger charge is 2.05. The fourth-order valence-corrected chi connectivity index (χ4v) is 1.29. The lowest BCUT2D eigenvalue weighted by atomic mass is 10.1. The molecular weight excluding hydrogens is 178 g/mol. The van der Waals surface area contributed by atoms with Crippen molar-refractivity contribution in [1.82, 2.24) is 10.2 Å². The zero-order valence-electron chi connectivity index (χ0n) is 7.78. The Morgan fingerprint density at radius 1 is 1.43 bits per heavy atom.